The first-order valence-corrected chi connectivity index (χ1v) is 6.54. The molecule has 0 bridgehead atoms. The molecule has 1 amide bonds. The maximum atomic E-state index is 11.9. The quantitative estimate of drug-likeness (QED) is 0.878. The molecule has 0 spiro atoms. The summed E-state index contributed by atoms with van der Waals surface area (Å²) in [6.07, 6.45) is 4.65. The Morgan fingerprint density at radius 3 is 2.85 bits per heavy atom. The minimum absolute atomic E-state index is 0.00317. The predicted molar refractivity (Wildman–Crippen MR) is 78.3 cm³/mol. The minimum Gasteiger partial charge on any atom is -0.380 e. The van der Waals surface area contributed by atoms with Gasteiger partial charge in [-0.05, 0) is 35.7 Å². The minimum atomic E-state index is 0.00317. The fourth-order valence-corrected chi connectivity index (χ4v) is 1.93. The van der Waals surface area contributed by atoms with Gasteiger partial charge in [-0.3, -0.25) is 9.78 Å². The molecule has 0 atom stereocenters. The first kappa shape index (κ1) is 14.2. The summed E-state index contributed by atoms with van der Waals surface area (Å²) >= 11 is 0. The smallest absolute Gasteiger partial charge is 0.224 e. The molecule has 20 heavy (non-hydrogen) atoms. The number of anilines is 1. The van der Waals surface area contributed by atoms with Gasteiger partial charge in [-0.2, -0.15) is 0 Å². The molecule has 0 aliphatic rings. The second-order valence-corrected chi connectivity index (χ2v) is 4.54. The number of hydrogen-bond donors (Lipinski definition) is 1. The lowest BCUT2D eigenvalue weighted by Gasteiger charge is -2.07. The van der Waals surface area contributed by atoms with Crippen LogP contribution in [0.4, 0.5) is 5.69 Å². The van der Waals surface area contributed by atoms with Crippen LogP contribution in [0.1, 0.15) is 17.5 Å². The van der Waals surface area contributed by atoms with Crippen LogP contribution in [0, 0.1) is 0 Å². The van der Waals surface area contributed by atoms with Crippen molar-refractivity contribution in [3.05, 3.63) is 59.9 Å². The Bertz CT molecular complexity index is 555. The maximum Gasteiger partial charge on any atom is 0.224 e. The van der Waals surface area contributed by atoms with Gasteiger partial charge in [0, 0.05) is 31.6 Å². The molecule has 0 saturated heterocycles. The van der Waals surface area contributed by atoms with E-state index in [2.05, 4.69) is 10.3 Å². The first-order valence-electron chi connectivity index (χ1n) is 6.54. The van der Waals surface area contributed by atoms with Gasteiger partial charge in [0.2, 0.25) is 5.91 Å². The molecule has 2 rings (SSSR count). The van der Waals surface area contributed by atoms with Crippen molar-refractivity contribution < 1.29 is 9.53 Å². The topological polar surface area (TPSA) is 51.2 Å². The van der Waals surface area contributed by atoms with Crippen LogP contribution in [0.3, 0.4) is 0 Å². The van der Waals surface area contributed by atoms with Crippen LogP contribution < -0.4 is 5.32 Å². The van der Waals surface area contributed by atoms with E-state index in [1.165, 1.54) is 0 Å². The summed E-state index contributed by atoms with van der Waals surface area (Å²) in [6, 6.07) is 11.5. The number of methoxy groups -OCH3 is 1. The van der Waals surface area contributed by atoms with Crippen molar-refractivity contribution >= 4 is 11.6 Å². The maximum absolute atomic E-state index is 11.9. The molecule has 0 saturated carbocycles. The highest BCUT2D eigenvalue weighted by Gasteiger charge is 2.04. The van der Waals surface area contributed by atoms with Crippen LogP contribution in [0.2, 0.25) is 0 Å². The van der Waals surface area contributed by atoms with E-state index in [9.17, 15) is 4.79 Å². The summed E-state index contributed by atoms with van der Waals surface area (Å²) in [5.41, 5.74) is 2.91. The molecule has 0 unspecified atom stereocenters. The third-order valence-corrected chi connectivity index (χ3v) is 2.89. The van der Waals surface area contributed by atoms with Crippen molar-refractivity contribution in [1.29, 1.82) is 0 Å². The zero-order valence-electron chi connectivity index (χ0n) is 11.5. The van der Waals surface area contributed by atoms with Crippen molar-refractivity contribution in [2.75, 3.05) is 12.4 Å². The van der Waals surface area contributed by atoms with Crippen molar-refractivity contribution in [1.82, 2.24) is 4.98 Å². The summed E-state index contributed by atoms with van der Waals surface area (Å²) < 4.78 is 5.07. The number of amides is 1. The fourth-order valence-electron chi connectivity index (χ4n) is 1.93. The fraction of sp³-hybridized carbons (Fsp3) is 0.250. The van der Waals surface area contributed by atoms with E-state index in [1.54, 1.807) is 19.5 Å². The number of pyridine rings is 1. The molecule has 0 radical (unpaired) electrons. The number of ether oxygens (including phenoxy) is 1. The number of carbonyl (C=O) groups is 1. The number of nitrogens with zero attached hydrogens (tertiary/aromatic N) is 1. The molecule has 1 aromatic heterocycles. The van der Waals surface area contributed by atoms with Crippen molar-refractivity contribution in [3.63, 3.8) is 0 Å². The second kappa shape index (κ2) is 7.40. The average molecular weight is 270 g/mol. The normalized spacial score (nSPS) is 10.2. The van der Waals surface area contributed by atoms with Crippen LogP contribution in [-0.2, 0) is 22.6 Å². The Balaban J connectivity index is 1.86. The molecule has 2 aromatic rings. The van der Waals surface area contributed by atoms with Gasteiger partial charge < -0.3 is 10.1 Å². The first-order chi connectivity index (χ1) is 9.78. The standard InChI is InChI=1S/C16H18N2O2/c1-20-12-14-4-2-6-15(10-14)18-16(19)8-7-13-5-3-9-17-11-13/h2-6,9-11H,7-8,12H2,1H3,(H,18,19). The number of benzene rings is 1. The summed E-state index contributed by atoms with van der Waals surface area (Å²) in [5.74, 6) is 0.00317. The Hall–Kier alpha value is -2.20. The molecule has 104 valence electrons. The Labute approximate surface area is 118 Å². The van der Waals surface area contributed by atoms with E-state index in [1.807, 2.05) is 36.4 Å². The van der Waals surface area contributed by atoms with Crippen LogP contribution in [0.15, 0.2) is 48.8 Å². The molecule has 4 heteroatoms. The summed E-state index contributed by atoms with van der Waals surface area (Å²) in [6.45, 7) is 0.541. The van der Waals surface area contributed by atoms with Gasteiger partial charge >= 0.3 is 0 Å². The van der Waals surface area contributed by atoms with Crippen LogP contribution in [0.25, 0.3) is 0 Å². The second-order valence-electron chi connectivity index (χ2n) is 4.54. The lowest BCUT2D eigenvalue weighted by molar-refractivity contribution is -0.116. The molecule has 1 aromatic carbocycles. The van der Waals surface area contributed by atoms with Gasteiger partial charge in [-0.1, -0.05) is 18.2 Å². The highest BCUT2D eigenvalue weighted by atomic mass is 16.5. The Kier molecular flexibility index (Phi) is 5.26. The SMILES string of the molecule is COCc1cccc(NC(=O)CCc2cccnc2)c1. The summed E-state index contributed by atoms with van der Waals surface area (Å²) in [5, 5.41) is 2.90. The molecular weight excluding hydrogens is 252 g/mol. The van der Waals surface area contributed by atoms with Crippen LogP contribution in [0.5, 0.6) is 0 Å². The van der Waals surface area contributed by atoms with E-state index >= 15 is 0 Å². The van der Waals surface area contributed by atoms with Crippen LogP contribution in [-0.4, -0.2) is 18.0 Å². The number of nitrogens with one attached hydrogen (secondary N) is 1. The predicted octanol–water partition coefficient (Wildman–Crippen LogP) is 2.80. The molecule has 1 N–H and O–H groups in total. The van der Waals surface area contributed by atoms with Crippen molar-refractivity contribution in [2.24, 2.45) is 0 Å². The summed E-state index contributed by atoms with van der Waals surface area (Å²) in [4.78, 5) is 15.9. The number of carbonyl (C=O) groups excluding carboxylic acids is 1. The van der Waals surface area contributed by atoms with Gasteiger partial charge in [-0.25, -0.2) is 0 Å². The van der Waals surface area contributed by atoms with Crippen molar-refractivity contribution in [2.45, 2.75) is 19.4 Å². The molecule has 0 aliphatic carbocycles. The molecule has 4 nitrogen and oxygen atoms in total. The Morgan fingerprint density at radius 2 is 2.10 bits per heavy atom. The van der Waals surface area contributed by atoms with E-state index in [-0.39, 0.29) is 5.91 Å². The van der Waals surface area contributed by atoms with E-state index in [0.29, 0.717) is 19.4 Å². The molecular formula is C16H18N2O2. The van der Waals surface area contributed by atoms with E-state index in [4.69, 9.17) is 4.74 Å². The Morgan fingerprint density at radius 1 is 1.25 bits per heavy atom. The number of aryl methyl sites for hydroxylation is 1. The third-order valence-electron chi connectivity index (χ3n) is 2.89. The summed E-state index contributed by atoms with van der Waals surface area (Å²) in [7, 11) is 1.65. The number of aromatic nitrogens is 1. The monoisotopic (exact) mass is 270 g/mol. The van der Waals surface area contributed by atoms with Gasteiger partial charge in [0.05, 0.1) is 6.61 Å². The third kappa shape index (κ3) is 4.48. The lowest BCUT2D eigenvalue weighted by Crippen LogP contribution is -2.12. The lowest BCUT2D eigenvalue weighted by atomic mass is 10.1. The number of hydrogen-bond acceptors (Lipinski definition) is 3. The largest absolute Gasteiger partial charge is 0.380 e. The van der Waals surface area contributed by atoms with Crippen LogP contribution >= 0.6 is 0 Å². The average Bonchev–Trinajstić information content (AvgIpc) is 2.47. The van der Waals surface area contributed by atoms with E-state index < -0.39 is 0 Å². The van der Waals surface area contributed by atoms with Crippen molar-refractivity contribution in [3.8, 4) is 0 Å². The molecule has 1 heterocycles. The number of rotatable bonds is 6. The highest BCUT2D eigenvalue weighted by molar-refractivity contribution is 5.90. The van der Waals surface area contributed by atoms with Gasteiger partial charge in [0.1, 0.15) is 0 Å². The zero-order valence-corrected chi connectivity index (χ0v) is 11.5. The van der Waals surface area contributed by atoms with Gasteiger partial charge in [0.15, 0.2) is 0 Å². The highest BCUT2D eigenvalue weighted by Crippen LogP contribution is 2.12. The van der Waals surface area contributed by atoms with E-state index in [0.717, 1.165) is 16.8 Å². The molecule has 0 fully saturated rings. The van der Waals surface area contributed by atoms with Gasteiger partial charge in [-0.15, -0.1) is 0 Å². The molecule has 0 aliphatic heterocycles. The van der Waals surface area contributed by atoms with Gasteiger partial charge in [0.25, 0.3) is 0 Å². The zero-order chi connectivity index (χ0) is 14.2.